The van der Waals surface area contributed by atoms with Crippen LogP contribution in [-0.2, 0) is 9.59 Å². The van der Waals surface area contributed by atoms with Gasteiger partial charge in [0.15, 0.2) is 0 Å². The number of rotatable bonds is 0. The van der Waals surface area contributed by atoms with E-state index in [1.54, 1.807) is 31.4 Å². The van der Waals surface area contributed by atoms with Gasteiger partial charge in [-0.15, -0.1) is 0 Å². The molecule has 0 aromatic heterocycles. The Morgan fingerprint density at radius 2 is 2.15 bits per heavy atom. The first-order valence-corrected chi connectivity index (χ1v) is 4.00. The molecule has 66 valence electrons. The lowest BCUT2D eigenvalue weighted by atomic mass is 10.1. The number of hydrogen-bond acceptors (Lipinski definition) is 2. The summed E-state index contributed by atoms with van der Waals surface area (Å²) >= 11 is 0. The average Bonchev–Trinajstić information content (AvgIpc) is 2.15. The molecule has 0 radical (unpaired) electrons. The summed E-state index contributed by atoms with van der Waals surface area (Å²) < 4.78 is 0. The molecular weight excluding hydrogens is 168 g/mol. The normalized spacial score (nSPS) is 26.1. The highest BCUT2D eigenvalue weighted by atomic mass is 16.2. The second-order valence-corrected chi connectivity index (χ2v) is 2.94. The van der Waals surface area contributed by atoms with Crippen LogP contribution in [0.2, 0.25) is 0 Å². The molecule has 4 nitrogen and oxygen atoms in total. The van der Waals surface area contributed by atoms with Crippen LogP contribution in [0.25, 0.3) is 0 Å². The predicted octanol–water partition coefficient (Wildman–Crippen LogP) is 0.473. The van der Waals surface area contributed by atoms with Gasteiger partial charge in [-0.25, -0.2) is 0 Å². The number of aliphatic imine (C=N–C) groups is 1. The van der Waals surface area contributed by atoms with E-state index in [2.05, 4.69) is 4.99 Å². The predicted molar refractivity (Wildman–Crippen MR) is 46.7 cm³/mol. The molecule has 0 saturated heterocycles. The first-order chi connectivity index (χ1) is 6.20. The van der Waals surface area contributed by atoms with Crippen molar-refractivity contribution in [3.05, 3.63) is 24.4 Å². The van der Waals surface area contributed by atoms with E-state index >= 15 is 0 Å². The zero-order chi connectivity index (χ0) is 9.42. The van der Waals surface area contributed by atoms with Crippen LogP contribution in [0.3, 0.4) is 0 Å². The van der Waals surface area contributed by atoms with Gasteiger partial charge in [-0.3, -0.25) is 14.5 Å². The Kier molecular flexibility index (Phi) is 1.62. The Morgan fingerprint density at radius 1 is 1.38 bits per heavy atom. The summed E-state index contributed by atoms with van der Waals surface area (Å²) in [5.74, 6) is -0.817. The van der Waals surface area contributed by atoms with E-state index in [9.17, 15) is 9.59 Å². The van der Waals surface area contributed by atoms with E-state index < -0.39 is 5.92 Å². The van der Waals surface area contributed by atoms with Gasteiger partial charge in [-0.05, 0) is 19.1 Å². The fraction of sp³-hybridized carbons (Fsp3) is 0.222. The third kappa shape index (κ3) is 1.11. The molecular formula is C9H8N2O2. The van der Waals surface area contributed by atoms with E-state index in [-0.39, 0.29) is 11.8 Å². The van der Waals surface area contributed by atoms with Gasteiger partial charge in [0, 0.05) is 6.20 Å². The quantitative estimate of drug-likeness (QED) is 0.504. The molecule has 13 heavy (non-hydrogen) atoms. The molecule has 2 heterocycles. The summed E-state index contributed by atoms with van der Waals surface area (Å²) in [6.07, 6.45) is 6.73. The van der Waals surface area contributed by atoms with Crippen LogP contribution in [0.15, 0.2) is 29.4 Å². The Morgan fingerprint density at radius 3 is 2.92 bits per heavy atom. The third-order valence-corrected chi connectivity index (χ3v) is 2.04. The number of amides is 2. The monoisotopic (exact) mass is 176 g/mol. The summed E-state index contributed by atoms with van der Waals surface area (Å²) in [5.41, 5.74) is 0. The third-order valence-electron chi connectivity index (χ3n) is 2.04. The molecule has 2 amide bonds. The van der Waals surface area contributed by atoms with Crippen molar-refractivity contribution < 1.29 is 9.59 Å². The van der Waals surface area contributed by atoms with Crippen LogP contribution in [0.1, 0.15) is 6.92 Å². The lowest BCUT2D eigenvalue weighted by Gasteiger charge is -2.26. The maximum atomic E-state index is 11.5. The summed E-state index contributed by atoms with van der Waals surface area (Å²) in [6.45, 7) is 1.57. The summed E-state index contributed by atoms with van der Waals surface area (Å²) in [5, 5.41) is 0. The molecule has 2 aliphatic rings. The first-order valence-electron chi connectivity index (χ1n) is 4.00. The molecule has 4 heteroatoms. The molecule has 0 bridgehead atoms. The second kappa shape index (κ2) is 2.65. The minimum absolute atomic E-state index is 0.212. The van der Waals surface area contributed by atoms with Crippen molar-refractivity contribution in [1.29, 1.82) is 0 Å². The van der Waals surface area contributed by atoms with Gasteiger partial charge in [0.1, 0.15) is 11.8 Å². The van der Waals surface area contributed by atoms with Crippen LogP contribution in [-0.4, -0.2) is 22.5 Å². The van der Waals surface area contributed by atoms with Gasteiger partial charge < -0.3 is 0 Å². The van der Waals surface area contributed by atoms with Crippen molar-refractivity contribution >= 4 is 17.6 Å². The van der Waals surface area contributed by atoms with Crippen molar-refractivity contribution in [1.82, 2.24) is 4.90 Å². The number of fused-ring (bicyclic) bond motifs is 1. The molecule has 0 aromatic carbocycles. The van der Waals surface area contributed by atoms with Crippen LogP contribution in [0.5, 0.6) is 0 Å². The van der Waals surface area contributed by atoms with Crippen molar-refractivity contribution in [2.75, 3.05) is 0 Å². The van der Waals surface area contributed by atoms with E-state index in [0.29, 0.717) is 5.84 Å². The van der Waals surface area contributed by atoms with Crippen molar-refractivity contribution in [2.24, 2.45) is 10.9 Å². The Labute approximate surface area is 75.2 Å². The number of carbonyl (C=O) groups is 2. The zero-order valence-electron chi connectivity index (χ0n) is 7.10. The highest BCUT2D eigenvalue weighted by Crippen LogP contribution is 2.15. The maximum Gasteiger partial charge on any atom is 0.259 e. The number of nitrogens with zero attached hydrogens (tertiary/aromatic N) is 2. The minimum Gasteiger partial charge on any atom is -0.273 e. The molecule has 0 aliphatic carbocycles. The number of carbonyl (C=O) groups excluding carboxylic acids is 2. The van der Waals surface area contributed by atoms with Gasteiger partial charge in [-0.2, -0.15) is 4.99 Å². The molecule has 1 atom stereocenters. The molecule has 2 rings (SSSR count). The smallest absolute Gasteiger partial charge is 0.259 e. The van der Waals surface area contributed by atoms with Crippen molar-refractivity contribution in [3.63, 3.8) is 0 Å². The summed E-state index contributed by atoms with van der Waals surface area (Å²) in [7, 11) is 0. The van der Waals surface area contributed by atoms with Crippen LogP contribution < -0.4 is 0 Å². The van der Waals surface area contributed by atoms with Crippen LogP contribution in [0, 0.1) is 5.92 Å². The first kappa shape index (κ1) is 7.91. The zero-order valence-corrected chi connectivity index (χ0v) is 7.10. The van der Waals surface area contributed by atoms with E-state index in [1.165, 1.54) is 4.90 Å². The van der Waals surface area contributed by atoms with Gasteiger partial charge >= 0.3 is 0 Å². The fourth-order valence-corrected chi connectivity index (χ4v) is 1.24. The fourth-order valence-electron chi connectivity index (χ4n) is 1.24. The average molecular weight is 176 g/mol. The molecule has 0 spiro atoms. The summed E-state index contributed by atoms with van der Waals surface area (Å²) in [4.78, 5) is 27.9. The van der Waals surface area contributed by atoms with E-state index in [4.69, 9.17) is 0 Å². The standard InChI is InChI=1S/C9H8N2O2/c1-6-8(12)10-7-4-2-3-5-11(7)9(6)13/h2-6H,1H3. The van der Waals surface area contributed by atoms with E-state index in [1.807, 2.05) is 0 Å². The molecule has 0 N–H and O–H groups in total. The highest BCUT2D eigenvalue weighted by molar-refractivity contribution is 6.19. The molecule has 0 aromatic rings. The number of amidine groups is 1. The lowest BCUT2D eigenvalue weighted by molar-refractivity contribution is -0.137. The van der Waals surface area contributed by atoms with E-state index in [0.717, 1.165) is 0 Å². The van der Waals surface area contributed by atoms with Crippen molar-refractivity contribution in [3.8, 4) is 0 Å². The number of allylic oxidation sites excluding steroid dienone is 2. The molecule has 1 unspecified atom stereocenters. The van der Waals surface area contributed by atoms with Crippen LogP contribution >= 0.6 is 0 Å². The lowest BCUT2D eigenvalue weighted by Crippen LogP contribution is -2.43. The molecule has 0 fully saturated rings. The summed E-state index contributed by atoms with van der Waals surface area (Å²) in [6, 6.07) is 0. The number of hydrogen-bond donors (Lipinski definition) is 0. The van der Waals surface area contributed by atoms with Crippen LogP contribution in [0.4, 0.5) is 0 Å². The molecule has 0 saturated carbocycles. The SMILES string of the molecule is CC1C(=O)N=C2C=CC=CN2C1=O. The Bertz CT molecular complexity index is 366. The Balaban J connectivity index is 2.46. The Hall–Kier alpha value is -1.71. The van der Waals surface area contributed by atoms with Gasteiger partial charge in [-0.1, -0.05) is 6.08 Å². The van der Waals surface area contributed by atoms with Gasteiger partial charge in [0.2, 0.25) is 5.91 Å². The topological polar surface area (TPSA) is 49.7 Å². The highest BCUT2D eigenvalue weighted by Gasteiger charge is 2.32. The van der Waals surface area contributed by atoms with Crippen molar-refractivity contribution in [2.45, 2.75) is 6.92 Å². The largest absolute Gasteiger partial charge is 0.273 e. The van der Waals surface area contributed by atoms with Gasteiger partial charge in [0.05, 0.1) is 0 Å². The minimum atomic E-state index is -0.653. The maximum absolute atomic E-state index is 11.5. The molecule has 2 aliphatic heterocycles. The van der Waals surface area contributed by atoms with Gasteiger partial charge in [0.25, 0.3) is 5.91 Å². The second-order valence-electron chi connectivity index (χ2n) is 2.94.